The van der Waals surface area contributed by atoms with Crippen LogP contribution in [0, 0.1) is 5.82 Å². The van der Waals surface area contributed by atoms with E-state index in [-0.39, 0.29) is 11.7 Å². The molecule has 3 rings (SSSR count). The summed E-state index contributed by atoms with van der Waals surface area (Å²) in [6, 6.07) is 10.7. The number of benzene rings is 2. The third-order valence-corrected chi connectivity index (χ3v) is 3.98. The molecule has 0 fully saturated rings. The van der Waals surface area contributed by atoms with Crippen LogP contribution in [0.2, 0.25) is 0 Å². The van der Waals surface area contributed by atoms with Gasteiger partial charge in [-0.3, -0.25) is 4.79 Å². The maximum atomic E-state index is 13.7. The number of anilines is 2. The first kappa shape index (κ1) is 14.1. The van der Waals surface area contributed by atoms with E-state index in [1.807, 2.05) is 18.2 Å². The average Bonchev–Trinajstić information content (AvgIpc) is 2.48. The highest BCUT2D eigenvalue weighted by atomic mass is 79.9. The van der Waals surface area contributed by atoms with Gasteiger partial charge in [-0.25, -0.2) is 4.39 Å². The third kappa shape index (κ3) is 3.24. The summed E-state index contributed by atoms with van der Waals surface area (Å²) in [5.74, 6) is -0.171. The van der Waals surface area contributed by atoms with Gasteiger partial charge < -0.3 is 10.6 Å². The lowest BCUT2D eigenvalue weighted by atomic mass is 10.0. The summed E-state index contributed by atoms with van der Waals surface area (Å²) in [5, 5.41) is 6.06. The van der Waals surface area contributed by atoms with Crippen LogP contribution >= 0.6 is 15.9 Å². The summed E-state index contributed by atoms with van der Waals surface area (Å²) in [5.41, 5.74) is 3.50. The van der Waals surface area contributed by atoms with Gasteiger partial charge in [-0.05, 0) is 48.4 Å². The van der Waals surface area contributed by atoms with Gasteiger partial charge in [0.1, 0.15) is 5.82 Å². The van der Waals surface area contributed by atoms with E-state index in [1.165, 1.54) is 6.07 Å². The van der Waals surface area contributed by atoms with E-state index in [9.17, 15) is 9.18 Å². The molecule has 1 aliphatic rings. The van der Waals surface area contributed by atoms with Gasteiger partial charge in [0, 0.05) is 34.4 Å². The zero-order valence-corrected chi connectivity index (χ0v) is 12.8. The molecule has 2 aromatic rings. The second-order valence-electron chi connectivity index (χ2n) is 5.01. The van der Waals surface area contributed by atoms with E-state index in [0.29, 0.717) is 18.5 Å². The lowest BCUT2D eigenvalue weighted by molar-refractivity contribution is -0.116. The highest BCUT2D eigenvalue weighted by Gasteiger charge is 2.14. The van der Waals surface area contributed by atoms with Crippen LogP contribution in [-0.2, 0) is 17.8 Å². The van der Waals surface area contributed by atoms with Crippen LogP contribution in [0.4, 0.5) is 15.8 Å². The number of aryl methyl sites for hydroxylation is 1. The first-order chi connectivity index (χ1) is 10.1. The molecule has 0 saturated heterocycles. The SMILES string of the molecule is O=C1CCc2cc(NCc3cc(Br)ccc3F)ccc2N1. The van der Waals surface area contributed by atoms with E-state index in [4.69, 9.17) is 0 Å². The summed E-state index contributed by atoms with van der Waals surface area (Å²) in [6.07, 6.45) is 1.25. The summed E-state index contributed by atoms with van der Waals surface area (Å²) >= 11 is 3.34. The number of fused-ring (bicyclic) bond motifs is 1. The van der Waals surface area contributed by atoms with Crippen molar-refractivity contribution in [3.63, 3.8) is 0 Å². The molecular formula is C16H14BrFN2O. The molecule has 0 atom stereocenters. The van der Waals surface area contributed by atoms with Gasteiger partial charge in [0.05, 0.1) is 0 Å². The second kappa shape index (κ2) is 5.85. The molecule has 0 bridgehead atoms. The standard InChI is InChI=1S/C16H14BrFN2O/c17-12-2-4-14(18)11(7-12)9-19-13-3-5-15-10(8-13)1-6-16(21)20-15/h2-5,7-8,19H,1,6,9H2,(H,20,21). The number of halogens is 2. The van der Waals surface area contributed by atoms with Crippen molar-refractivity contribution >= 4 is 33.2 Å². The molecular weight excluding hydrogens is 335 g/mol. The number of rotatable bonds is 3. The van der Waals surface area contributed by atoms with Crippen molar-refractivity contribution in [2.45, 2.75) is 19.4 Å². The van der Waals surface area contributed by atoms with Crippen molar-refractivity contribution in [1.82, 2.24) is 0 Å². The van der Waals surface area contributed by atoms with Crippen molar-refractivity contribution in [3.8, 4) is 0 Å². The van der Waals surface area contributed by atoms with Crippen LogP contribution in [0.15, 0.2) is 40.9 Å². The van der Waals surface area contributed by atoms with Crippen LogP contribution in [0.3, 0.4) is 0 Å². The Balaban J connectivity index is 1.74. The monoisotopic (exact) mass is 348 g/mol. The Labute approximate surface area is 130 Å². The van der Waals surface area contributed by atoms with E-state index in [1.54, 1.807) is 12.1 Å². The van der Waals surface area contributed by atoms with Crippen molar-refractivity contribution in [2.75, 3.05) is 10.6 Å². The Morgan fingerprint density at radius 2 is 2.05 bits per heavy atom. The molecule has 1 heterocycles. The molecule has 3 nitrogen and oxygen atoms in total. The average molecular weight is 349 g/mol. The number of amides is 1. The number of carbonyl (C=O) groups excluding carboxylic acids is 1. The molecule has 0 unspecified atom stereocenters. The molecule has 1 amide bonds. The van der Waals surface area contributed by atoms with E-state index < -0.39 is 0 Å². The van der Waals surface area contributed by atoms with Crippen LogP contribution in [-0.4, -0.2) is 5.91 Å². The van der Waals surface area contributed by atoms with Crippen molar-refractivity contribution in [1.29, 1.82) is 0 Å². The van der Waals surface area contributed by atoms with Crippen molar-refractivity contribution < 1.29 is 9.18 Å². The van der Waals surface area contributed by atoms with E-state index >= 15 is 0 Å². The maximum absolute atomic E-state index is 13.7. The fourth-order valence-electron chi connectivity index (χ4n) is 2.37. The lowest BCUT2D eigenvalue weighted by Crippen LogP contribution is -2.19. The second-order valence-corrected chi connectivity index (χ2v) is 5.93. The topological polar surface area (TPSA) is 41.1 Å². The number of hydrogen-bond acceptors (Lipinski definition) is 2. The minimum Gasteiger partial charge on any atom is -0.381 e. The number of carbonyl (C=O) groups is 1. The van der Waals surface area contributed by atoms with Gasteiger partial charge in [0.25, 0.3) is 0 Å². The van der Waals surface area contributed by atoms with Crippen LogP contribution in [0.5, 0.6) is 0 Å². The minimum atomic E-state index is -0.226. The minimum absolute atomic E-state index is 0.0550. The van der Waals surface area contributed by atoms with Crippen molar-refractivity contribution in [3.05, 3.63) is 57.8 Å². The molecule has 0 aromatic heterocycles. The Bertz CT molecular complexity index is 703. The summed E-state index contributed by atoms with van der Waals surface area (Å²) < 4.78 is 14.5. The zero-order valence-electron chi connectivity index (χ0n) is 11.2. The van der Waals surface area contributed by atoms with Gasteiger partial charge in [-0.15, -0.1) is 0 Å². The Hall–Kier alpha value is -1.88. The molecule has 2 N–H and O–H groups in total. The molecule has 0 aliphatic carbocycles. The molecule has 0 radical (unpaired) electrons. The Kier molecular flexibility index (Phi) is 3.92. The van der Waals surface area contributed by atoms with E-state index in [2.05, 4.69) is 26.6 Å². The summed E-state index contributed by atoms with van der Waals surface area (Å²) in [4.78, 5) is 11.3. The predicted molar refractivity (Wildman–Crippen MR) is 84.8 cm³/mol. The maximum Gasteiger partial charge on any atom is 0.224 e. The van der Waals surface area contributed by atoms with Gasteiger partial charge in [0.15, 0.2) is 0 Å². The fourth-order valence-corrected chi connectivity index (χ4v) is 2.78. The summed E-state index contributed by atoms with van der Waals surface area (Å²) in [7, 11) is 0. The fraction of sp³-hybridized carbons (Fsp3) is 0.188. The Morgan fingerprint density at radius 3 is 2.90 bits per heavy atom. The molecule has 2 aromatic carbocycles. The highest BCUT2D eigenvalue weighted by molar-refractivity contribution is 9.10. The largest absolute Gasteiger partial charge is 0.381 e. The number of hydrogen-bond donors (Lipinski definition) is 2. The normalized spacial score (nSPS) is 13.5. The molecule has 5 heteroatoms. The van der Waals surface area contributed by atoms with E-state index in [0.717, 1.165) is 27.8 Å². The lowest BCUT2D eigenvalue weighted by Gasteiger charge is -2.18. The van der Waals surface area contributed by atoms with Gasteiger partial charge in [0.2, 0.25) is 5.91 Å². The molecule has 21 heavy (non-hydrogen) atoms. The Morgan fingerprint density at radius 1 is 1.19 bits per heavy atom. The first-order valence-corrected chi connectivity index (χ1v) is 7.52. The van der Waals surface area contributed by atoms with Crippen LogP contribution in [0.1, 0.15) is 17.5 Å². The molecule has 0 saturated carbocycles. The van der Waals surface area contributed by atoms with Crippen molar-refractivity contribution in [2.24, 2.45) is 0 Å². The van der Waals surface area contributed by atoms with Crippen LogP contribution in [0.25, 0.3) is 0 Å². The highest BCUT2D eigenvalue weighted by Crippen LogP contribution is 2.26. The zero-order chi connectivity index (χ0) is 14.8. The van der Waals surface area contributed by atoms with Gasteiger partial charge in [-0.1, -0.05) is 15.9 Å². The smallest absolute Gasteiger partial charge is 0.224 e. The third-order valence-electron chi connectivity index (χ3n) is 3.49. The van der Waals surface area contributed by atoms with Gasteiger partial charge >= 0.3 is 0 Å². The molecule has 0 spiro atoms. The van der Waals surface area contributed by atoms with Gasteiger partial charge in [-0.2, -0.15) is 0 Å². The summed E-state index contributed by atoms with van der Waals surface area (Å²) in [6.45, 7) is 0.413. The number of nitrogens with one attached hydrogen (secondary N) is 2. The van der Waals surface area contributed by atoms with Crippen LogP contribution < -0.4 is 10.6 Å². The molecule has 1 aliphatic heterocycles. The molecule has 108 valence electrons. The predicted octanol–water partition coefficient (Wildman–Crippen LogP) is 4.09. The first-order valence-electron chi connectivity index (χ1n) is 6.72. The quantitative estimate of drug-likeness (QED) is 0.877.